The van der Waals surface area contributed by atoms with Crippen molar-refractivity contribution in [1.29, 1.82) is 0 Å². The van der Waals surface area contributed by atoms with Crippen molar-refractivity contribution in [2.24, 2.45) is 0 Å². The number of nitro groups is 1. The predicted molar refractivity (Wildman–Crippen MR) is 73.7 cm³/mol. The molecule has 106 valence electrons. The first-order valence-corrected chi connectivity index (χ1v) is 6.20. The summed E-state index contributed by atoms with van der Waals surface area (Å²) >= 11 is 0. The Bertz CT molecular complexity index is 423. The summed E-state index contributed by atoms with van der Waals surface area (Å²) in [4.78, 5) is 16.6. The smallest absolute Gasteiger partial charge is 0.278 e. The van der Waals surface area contributed by atoms with Crippen LogP contribution in [0.1, 0.15) is 13.3 Å². The first-order valence-electron chi connectivity index (χ1n) is 6.20. The van der Waals surface area contributed by atoms with Crippen molar-refractivity contribution in [2.45, 2.75) is 13.3 Å². The van der Waals surface area contributed by atoms with E-state index in [0.29, 0.717) is 19.0 Å². The minimum absolute atomic E-state index is 0.0199. The van der Waals surface area contributed by atoms with Gasteiger partial charge in [0.05, 0.1) is 17.1 Å². The van der Waals surface area contributed by atoms with E-state index >= 15 is 0 Å². The lowest BCUT2D eigenvalue weighted by Gasteiger charge is -2.11. The maximum atomic E-state index is 10.8. The normalized spacial score (nSPS) is 10.5. The molecule has 0 atom stereocenters. The number of ether oxygens (including phenoxy) is 1. The van der Waals surface area contributed by atoms with Gasteiger partial charge < -0.3 is 15.0 Å². The minimum Gasteiger partial charge on any atom is -0.476 e. The summed E-state index contributed by atoms with van der Waals surface area (Å²) in [5.41, 5.74) is -0.0199. The molecule has 0 saturated heterocycles. The molecule has 19 heavy (non-hydrogen) atoms. The van der Waals surface area contributed by atoms with E-state index in [0.717, 1.165) is 13.0 Å². The van der Waals surface area contributed by atoms with Crippen LogP contribution in [0, 0.1) is 10.1 Å². The van der Waals surface area contributed by atoms with Gasteiger partial charge in [0.15, 0.2) is 0 Å². The summed E-state index contributed by atoms with van der Waals surface area (Å²) in [6.07, 6.45) is 0.918. The van der Waals surface area contributed by atoms with Crippen molar-refractivity contribution in [2.75, 3.05) is 39.1 Å². The SMILES string of the molecule is CCCNc1cc([N+](=O)[O-])cc(OCCN(C)C)n1. The highest BCUT2D eigenvalue weighted by Gasteiger charge is 2.12. The van der Waals surface area contributed by atoms with Crippen molar-refractivity contribution in [3.05, 3.63) is 22.2 Å². The lowest BCUT2D eigenvalue weighted by Crippen LogP contribution is -2.19. The average molecular weight is 268 g/mol. The second kappa shape index (κ2) is 7.52. The van der Waals surface area contributed by atoms with Crippen LogP contribution in [0.4, 0.5) is 11.5 Å². The molecular weight excluding hydrogens is 248 g/mol. The molecule has 1 rings (SSSR count). The van der Waals surface area contributed by atoms with E-state index in [2.05, 4.69) is 10.3 Å². The van der Waals surface area contributed by atoms with Gasteiger partial charge in [-0.1, -0.05) is 6.92 Å². The van der Waals surface area contributed by atoms with Crippen LogP contribution in [0.5, 0.6) is 5.88 Å². The third kappa shape index (κ3) is 5.52. The molecule has 0 bridgehead atoms. The number of rotatable bonds is 8. The Morgan fingerprint density at radius 2 is 2.21 bits per heavy atom. The fraction of sp³-hybridized carbons (Fsp3) is 0.583. The number of likely N-dealkylation sites (N-methyl/N-ethyl adjacent to an activating group) is 1. The Balaban J connectivity index is 2.77. The van der Waals surface area contributed by atoms with Crippen LogP contribution in [-0.4, -0.2) is 48.6 Å². The third-order valence-corrected chi connectivity index (χ3v) is 2.34. The standard InChI is InChI=1S/C12H20N4O3/c1-4-5-13-11-8-10(16(17)18)9-12(14-11)19-7-6-15(2)3/h8-9H,4-7H2,1-3H3,(H,13,14). The molecule has 7 nitrogen and oxygen atoms in total. The molecule has 7 heteroatoms. The van der Waals surface area contributed by atoms with E-state index < -0.39 is 4.92 Å². The number of hydrogen-bond acceptors (Lipinski definition) is 6. The summed E-state index contributed by atoms with van der Waals surface area (Å²) < 4.78 is 5.43. The summed E-state index contributed by atoms with van der Waals surface area (Å²) in [5.74, 6) is 0.741. The monoisotopic (exact) mass is 268 g/mol. The van der Waals surface area contributed by atoms with Crippen molar-refractivity contribution < 1.29 is 9.66 Å². The van der Waals surface area contributed by atoms with Gasteiger partial charge in [-0.2, -0.15) is 4.98 Å². The van der Waals surface area contributed by atoms with Gasteiger partial charge >= 0.3 is 0 Å². The summed E-state index contributed by atoms with van der Waals surface area (Å²) in [7, 11) is 3.86. The van der Waals surface area contributed by atoms with Gasteiger partial charge in [-0.3, -0.25) is 10.1 Å². The van der Waals surface area contributed by atoms with Gasteiger partial charge in [0.1, 0.15) is 12.4 Å². The van der Waals surface area contributed by atoms with Gasteiger partial charge in [-0.15, -0.1) is 0 Å². The van der Waals surface area contributed by atoms with Crippen LogP contribution >= 0.6 is 0 Å². The predicted octanol–water partition coefficient (Wildman–Crippen LogP) is 1.75. The van der Waals surface area contributed by atoms with Crippen molar-refractivity contribution >= 4 is 11.5 Å². The number of nitrogens with one attached hydrogen (secondary N) is 1. The highest BCUT2D eigenvalue weighted by molar-refractivity contribution is 5.48. The molecule has 0 saturated carbocycles. The second-order valence-electron chi connectivity index (χ2n) is 4.38. The van der Waals surface area contributed by atoms with Gasteiger partial charge in [0.25, 0.3) is 5.69 Å². The molecule has 0 aliphatic carbocycles. The lowest BCUT2D eigenvalue weighted by atomic mass is 10.3. The summed E-state index contributed by atoms with van der Waals surface area (Å²) in [6, 6.07) is 2.75. The lowest BCUT2D eigenvalue weighted by molar-refractivity contribution is -0.384. The van der Waals surface area contributed by atoms with E-state index in [1.807, 2.05) is 25.9 Å². The number of pyridine rings is 1. The number of anilines is 1. The molecule has 1 heterocycles. The molecule has 0 fully saturated rings. The highest BCUT2D eigenvalue weighted by atomic mass is 16.6. The molecule has 0 aromatic carbocycles. The van der Waals surface area contributed by atoms with Gasteiger partial charge in [0.2, 0.25) is 5.88 Å². The molecule has 1 aromatic rings. The van der Waals surface area contributed by atoms with E-state index in [1.54, 1.807) is 0 Å². The molecule has 0 aliphatic rings. The van der Waals surface area contributed by atoms with E-state index in [-0.39, 0.29) is 11.6 Å². The highest BCUT2D eigenvalue weighted by Crippen LogP contribution is 2.22. The van der Waals surface area contributed by atoms with Crippen LogP contribution in [-0.2, 0) is 0 Å². The van der Waals surface area contributed by atoms with Gasteiger partial charge in [-0.25, -0.2) is 0 Å². The van der Waals surface area contributed by atoms with Crippen molar-refractivity contribution in [1.82, 2.24) is 9.88 Å². The zero-order valence-corrected chi connectivity index (χ0v) is 11.5. The van der Waals surface area contributed by atoms with Gasteiger partial charge in [0, 0.05) is 13.1 Å². The Morgan fingerprint density at radius 3 is 2.79 bits per heavy atom. The first-order chi connectivity index (χ1) is 9.02. The molecule has 0 amide bonds. The van der Waals surface area contributed by atoms with Crippen LogP contribution in [0.3, 0.4) is 0 Å². The van der Waals surface area contributed by atoms with Gasteiger partial charge in [-0.05, 0) is 20.5 Å². The van der Waals surface area contributed by atoms with E-state index in [1.165, 1.54) is 12.1 Å². The van der Waals surface area contributed by atoms with Crippen LogP contribution in [0.2, 0.25) is 0 Å². The second-order valence-corrected chi connectivity index (χ2v) is 4.38. The molecule has 1 N–H and O–H groups in total. The fourth-order valence-corrected chi connectivity index (χ4v) is 1.35. The molecule has 0 unspecified atom stereocenters. The summed E-state index contributed by atoms with van der Waals surface area (Å²) in [5, 5.41) is 13.9. The molecule has 0 spiro atoms. The molecule has 0 aliphatic heterocycles. The zero-order valence-electron chi connectivity index (χ0n) is 11.5. The van der Waals surface area contributed by atoms with E-state index in [4.69, 9.17) is 4.74 Å². The number of hydrogen-bond donors (Lipinski definition) is 1. The molecular formula is C12H20N4O3. The Hall–Kier alpha value is -1.89. The van der Waals surface area contributed by atoms with Crippen LogP contribution < -0.4 is 10.1 Å². The Labute approximate surface area is 112 Å². The average Bonchev–Trinajstić information content (AvgIpc) is 2.35. The van der Waals surface area contributed by atoms with Crippen LogP contribution in [0.25, 0.3) is 0 Å². The molecule has 0 radical (unpaired) electrons. The first kappa shape index (κ1) is 15.2. The van der Waals surface area contributed by atoms with Crippen molar-refractivity contribution in [3.8, 4) is 5.88 Å². The van der Waals surface area contributed by atoms with Crippen molar-refractivity contribution in [3.63, 3.8) is 0 Å². The Kier molecular flexibility index (Phi) is 6.01. The topological polar surface area (TPSA) is 80.5 Å². The van der Waals surface area contributed by atoms with Crippen LogP contribution in [0.15, 0.2) is 12.1 Å². The maximum absolute atomic E-state index is 10.8. The quantitative estimate of drug-likeness (QED) is 0.571. The maximum Gasteiger partial charge on any atom is 0.278 e. The van der Waals surface area contributed by atoms with E-state index in [9.17, 15) is 10.1 Å². The third-order valence-electron chi connectivity index (χ3n) is 2.34. The fourth-order valence-electron chi connectivity index (χ4n) is 1.35. The summed E-state index contributed by atoms with van der Waals surface area (Å²) in [6.45, 7) is 3.89. The molecule has 1 aromatic heterocycles. The number of nitrogens with zero attached hydrogens (tertiary/aromatic N) is 3. The largest absolute Gasteiger partial charge is 0.476 e. The number of aromatic nitrogens is 1. The Morgan fingerprint density at radius 1 is 1.47 bits per heavy atom. The minimum atomic E-state index is -0.447. The zero-order chi connectivity index (χ0) is 14.3.